The Kier molecular flexibility index (Phi) is 4.40. The van der Waals surface area contributed by atoms with Gasteiger partial charge in [-0.15, -0.1) is 0 Å². The Hall–Kier alpha value is -1.58. The zero-order chi connectivity index (χ0) is 13.8. The summed E-state index contributed by atoms with van der Waals surface area (Å²) in [5, 5.41) is 0.521. The van der Waals surface area contributed by atoms with Crippen molar-refractivity contribution in [2.45, 2.75) is 13.3 Å². The Morgan fingerprint density at radius 2 is 2.00 bits per heavy atom. The third-order valence-electron chi connectivity index (χ3n) is 2.79. The quantitative estimate of drug-likeness (QED) is 0.915. The van der Waals surface area contributed by atoms with E-state index in [9.17, 15) is 4.39 Å². The van der Waals surface area contributed by atoms with Gasteiger partial charge in [-0.3, -0.25) is 0 Å². The second kappa shape index (κ2) is 6.04. The van der Waals surface area contributed by atoms with Crippen LogP contribution in [-0.4, -0.2) is 6.54 Å². The number of hydrogen-bond donors (Lipinski definition) is 1. The van der Waals surface area contributed by atoms with Crippen LogP contribution in [-0.2, 0) is 6.42 Å². The highest BCUT2D eigenvalue weighted by Gasteiger charge is 2.06. The van der Waals surface area contributed by atoms with E-state index in [1.165, 1.54) is 6.07 Å². The van der Waals surface area contributed by atoms with Crippen molar-refractivity contribution in [1.29, 1.82) is 0 Å². The molecule has 2 aromatic rings. The predicted octanol–water partition coefficient (Wildman–Crippen LogP) is 4.08. The van der Waals surface area contributed by atoms with E-state index in [0.717, 1.165) is 12.0 Å². The van der Waals surface area contributed by atoms with Crippen molar-refractivity contribution in [3.05, 3.63) is 58.4 Å². The van der Waals surface area contributed by atoms with Gasteiger partial charge in [0, 0.05) is 0 Å². The Morgan fingerprint density at radius 3 is 2.63 bits per heavy atom. The fourth-order valence-corrected chi connectivity index (χ4v) is 2.00. The zero-order valence-corrected chi connectivity index (χ0v) is 11.4. The molecule has 0 heterocycles. The summed E-state index contributed by atoms with van der Waals surface area (Å²) < 4.78 is 18.8. The topological polar surface area (TPSA) is 35.2 Å². The molecule has 0 bridgehead atoms. The van der Waals surface area contributed by atoms with Crippen molar-refractivity contribution in [2.75, 3.05) is 6.54 Å². The average molecular weight is 280 g/mol. The standard InChI is InChI=1S/C15H15ClFNO/c1-10-8-12(3-4-14(10)17)19-15-5-2-11(6-7-18)9-13(15)16/h2-5,8-9H,6-7,18H2,1H3. The van der Waals surface area contributed by atoms with Gasteiger partial charge < -0.3 is 10.5 Å². The van der Waals surface area contributed by atoms with Crippen LogP contribution in [0.15, 0.2) is 36.4 Å². The average Bonchev–Trinajstić information content (AvgIpc) is 2.37. The lowest BCUT2D eigenvalue weighted by Gasteiger charge is -2.10. The number of nitrogens with two attached hydrogens (primary N) is 1. The van der Waals surface area contributed by atoms with Crippen molar-refractivity contribution in [2.24, 2.45) is 5.73 Å². The van der Waals surface area contributed by atoms with Gasteiger partial charge in [0.2, 0.25) is 0 Å². The SMILES string of the molecule is Cc1cc(Oc2ccc(CCN)cc2Cl)ccc1F. The lowest BCUT2D eigenvalue weighted by Crippen LogP contribution is -2.02. The van der Waals surface area contributed by atoms with Gasteiger partial charge in [0.15, 0.2) is 0 Å². The Bertz CT molecular complexity index is 586. The monoisotopic (exact) mass is 279 g/mol. The third kappa shape index (κ3) is 3.46. The van der Waals surface area contributed by atoms with Gasteiger partial charge in [-0.25, -0.2) is 4.39 Å². The van der Waals surface area contributed by atoms with E-state index in [0.29, 0.717) is 28.6 Å². The minimum atomic E-state index is -0.253. The van der Waals surface area contributed by atoms with E-state index >= 15 is 0 Å². The highest BCUT2D eigenvalue weighted by atomic mass is 35.5. The summed E-state index contributed by atoms with van der Waals surface area (Å²) in [5.41, 5.74) is 7.09. The van der Waals surface area contributed by atoms with Crippen LogP contribution in [0, 0.1) is 12.7 Å². The van der Waals surface area contributed by atoms with Crippen LogP contribution in [0.2, 0.25) is 5.02 Å². The van der Waals surface area contributed by atoms with Gasteiger partial charge in [-0.1, -0.05) is 17.7 Å². The number of aryl methyl sites for hydroxylation is 1. The van der Waals surface area contributed by atoms with Crippen molar-refractivity contribution < 1.29 is 9.13 Å². The lowest BCUT2D eigenvalue weighted by atomic mass is 10.1. The van der Waals surface area contributed by atoms with Gasteiger partial charge in [0.1, 0.15) is 17.3 Å². The minimum Gasteiger partial charge on any atom is -0.456 e. The van der Waals surface area contributed by atoms with Crippen molar-refractivity contribution >= 4 is 11.6 Å². The van der Waals surface area contributed by atoms with Gasteiger partial charge in [-0.2, -0.15) is 0 Å². The number of ether oxygens (including phenoxy) is 1. The van der Waals surface area contributed by atoms with Crippen LogP contribution in [0.4, 0.5) is 4.39 Å². The third-order valence-corrected chi connectivity index (χ3v) is 3.08. The molecule has 0 amide bonds. The van der Waals surface area contributed by atoms with Crippen LogP contribution in [0.3, 0.4) is 0 Å². The lowest BCUT2D eigenvalue weighted by molar-refractivity contribution is 0.479. The highest BCUT2D eigenvalue weighted by molar-refractivity contribution is 6.32. The molecule has 0 radical (unpaired) electrons. The molecule has 0 atom stereocenters. The molecule has 2 N–H and O–H groups in total. The fraction of sp³-hybridized carbons (Fsp3) is 0.200. The maximum absolute atomic E-state index is 13.2. The van der Waals surface area contributed by atoms with E-state index < -0.39 is 0 Å². The molecule has 2 rings (SSSR count). The summed E-state index contributed by atoms with van der Waals surface area (Å²) in [5.74, 6) is 0.859. The summed E-state index contributed by atoms with van der Waals surface area (Å²) in [7, 11) is 0. The van der Waals surface area contributed by atoms with E-state index in [1.807, 2.05) is 12.1 Å². The summed E-state index contributed by atoms with van der Waals surface area (Å²) in [4.78, 5) is 0. The molecule has 19 heavy (non-hydrogen) atoms. The molecule has 0 fully saturated rings. The minimum absolute atomic E-state index is 0.253. The molecule has 0 spiro atoms. The molecule has 2 aromatic carbocycles. The van der Waals surface area contributed by atoms with Gasteiger partial charge in [-0.05, 0) is 61.3 Å². The molecule has 0 aliphatic rings. The predicted molar refractivity (Wildman–Crippen MR) is 75.4 cm³/mol. The Balaban J connectivity index is 2.20. The zero-order valence-electron chi connectivity index (χ0n) is 10.6. The molecule has 0 saturated heterocycles. The first-order valence-corrected chi connectivity index (χ1v) is 6.40. The van der Waals surface area contributed by atoms with Crippen LogP contribution < -0.4 is 10.5 Å². The van der Waals surface area contributed by atoms with Gasteiger partial charge in [0.05, 0.1) is 5.02 Å². The molecular weight excluding hydrogens is 265 g/mol. The van der Waals surface area contributed by atoms with Crippen LogP contribution >= 0.6 is 11.6 Å². The summed E-state index contributed by atoms with van der Waals surface area (Å²) in [6, 6.07) is 10.1. The fourth-order valence-electron chi connectivity index (χ4n) is 1.76. The summed E-state index contributed by atoms with van der Waals surface area (Å²) in [6.07, 6.45) is 0.773. The molecule has 2 nitrogen and oxygen atoms in total. The van der Waals surface area contributed by atoms with Crippen LogP contribution in [0.5, 0.6) is 11.5 Å². The summed E-state index contributed by atoms with van der Waals surface area (Å²) in [6.45, 7) is 2.27. The second-order valence-electron chi connectivity index (χ2n) is 4.32. The first kappa shape index (κ1) is 13.8. The molecule has 100 valence electrons. The number of rotatable bonds is 4. The second-order valence-corrected chi connectivity index (χ2v) is 4.72. The van der Waals surface area contributed by atoms with E-state index in [4.69, 9.17) is 22.1 Å². The molecule has 0 aliphatic carbocycles. The number of halogens is 2. The van der Waals surface area contributed by atoms with Crippen LogP contribution in [0.1, 0.15) is 11.1 Å². The normalized spacial score (nSPS) is 10.5. The first-order chi connectivity index (χ1) is 9.10. The number of benzene rings is 2. The highest BCUT2D eigenvalue weighted by Crippen LogP contribution is 2.30. The molecular formula is C15H15ClFNO. The van der Waals surface area contributed by atoms with Crippen LogP contribution in [0.25, 0.3) is 0 Å². The first-order valence-electron chi connectivity index (χ1n) is 6.02. The number of hydrogen-bond acceptors (Lipinski definition) is 2. The van der Waals surface area contributed by atoms with Crippen molar-refractivity contribution in [3.8, 4) is 11.5 Å². The maximum atomic E-state index is 13.2. The van der Waals surface area contributed by atoms with Crippen molar-refractivity contribution in [3.63, 3.8) is 0 Å². The van der Waals surface area contributed by atoms with Gasteiger partial charge >= 0.3 is 0 Å². The summed E-state index contributed by atoms with van der Waals surface area (Å²) >= 11 is 6.15. The smallest absolute Gasteiger partial charge is 0.146 e. The van der Waals surface area contributed by atoms with Gasteiger partial charge in [0.25, 0.3) is 0 Å². The molecule has 0 aliphatic heterocycles. The Morgan fingerprint density at radius 1 is 1.21 bits per heavy atom. The van der Waals surface area contributed by atoms with Crippen molar-refractivity contribution in [1.82, 2.24) is 0 Å². The molecule has 0 unspecified atom stereocenters. The largest absolute Gasteiger partial charge is 0.456 e. The van der Waals surface area contributed by atoms with E-state index in [1.54, 1.807) is 25.1 Å². The van der Waals surface area contributed by atoms with E-state index in [-0.39, 0.29) is 5.82 Å². The maximum Gasteiger partial charge on any atom is 0.146 e. The molecule has 0 aromatic heterocycles. The molecule has 4 heteroatoms. The Labute approximate surface area is 117 Å². The molecule has 0 saturated carbocycles. The van der Waals surface area contributed by atoms with E-state index in [2.05, 4.69) is 0 Å².